The van der Waals surface area contributed by atoms with Crippen LogP contribution >= 0.6 is 0 Å². The number of hydrogen-bond donors (Lipinski definition) is 0. The Morgan fingerprint density at radius 3 is 2.00 bits per heavy atom. The number of benzene rings is 1. The van der Waals surface area contributed by atoms with E-state index in [2.05, 4.69) is 48.2 Å². The molecular weight excluding hydrogens is 308 g/mol. The Hall–Kier alpha value is -0.120. The predicted molar refractivity (Wildman–Crippen MR) is 76.8 cm³/mol. The zero-order valence-corrected chi connectivity index (χ0v) is 12.9. The molecule has 0 bridgehead atoms. The van der Waals surface area contributed by atoms with Crippen LogP contribution in [0.3, 0.4) is 0 Å². The summed E-state index contributed by atoms with van der Waals surface area (Å²) >= 11 is -0.934. The van der Waals surface area contributed by atoms with Crippen molar-refractivity contribution in [2.45, 2.75) is 48.5 Å². The Balaban J connectivity index is 2.63. The Morgan fingerprint density at radius 1 is 0.938 bits per heavy atom. The van der Waals surface area contributed by atoms with Crippen LogP contribution in [0.4, 0.5) is 0 Å². The molecule has 1 aromatic rings. The van der Waals surface area contributed by atoms with Crippen molar-refractivity contribution in [1.82, 2.24) is 0 Å². The van der Waals surface area contributed by atoms with Crippen LogP contribution in [0.5, 0.6) is 0 Å². The predicted octanol–water partition coefficient (Wildman–Crippen LogP) is 4.51. The summed E-state index contributed by atoms with van der Waals surface area (Å²) in [4.78, 5) is 0. The SMILES string of the molecule is CCCC[Te](=Cc1ccccc1)CCCC. The quantitative estimate of drug-likeness (QED) is 0.645. The van der Waals surface area contributed by atoms with E-state index in [1.165, 1.54) is 40.2 Å². The molecule has 1 heteroatoms. The summed E-state index contributed by atoms with van der Waals surface area (Å²) in [6, 6.07) is 10.9. The minimum absolute atomic E-state index is 0.934. The van der Waals surface area contributed by atoms with Gasteiger partial charge >= 0.3 is 107 Å². The van der Waals surface area contributed by atoms with E-state index in [4.69, 9.17) is 0 Å². The molecule has 1 rings (SSSR count). The molecule has 0 unspecified atom stereocenters. The van der Waals surface area contributed by atoms with Gasteiger partial charge in [0.15, 0.2) is 0 Å². The van der Waals surface area contributed by atoms with Crippen LogP contribution in [0.1, 0.15) is 45.1 Å². The van der Waals surface area contributed by atoms with Crippen LogP contribution in [-0.4, -0.2) is 23.1 Å². The summed E-state index contributed by atoms with van der Waals surface area (Å²) in [5.74, 6) is 0. The summed E-state index contributed by atoms with van der Waals surface area (Å²) in [6.45, 7) is 4.61. The molecular formula is C15H24Te. The third kappa shape index (κ3) is 5.83. The average molecular weight is 332 g/mol. The van der Waals surface area contributed by atoms with Crippen molar-refractivity contribution < 1.29 is 0 Å². The topological polar surface area (TPSA) is 0 Å². The first-order valence-corrected chi connectivity index (χ1v) is 11.1. The van der Waals surface area contributed by atoms with Gasteiger partial charge in [0.05, 0.1) is 0 Å². The van der Waals surface area contributed by atoms with Gasteiger partial charge in [0.1, 0.15) is 0 Å². The first kappa shape index (κ1) is 13.9. The summed E-state index contributed by atoms with van der Waals surface area (Å²) in [5.41, 5.74) is 1.46. The second-order valence-corrected chi connectivity index (χ2v) is 10.3. The van der Waals surface area contributed by atoms with Crippen LogP contribution in [0.15, 0.2) is 30.3 Å². The summed E-state index contributed by atoms with van der Waals surface area (Å²) in [7, 11) is 0. The van der Waals surface area contributed by atoms with E-state index in [0.717, 1.165) is 0 Å². The van der Waals surface area contributed by atoms with Crippen molar-refractivity contribution in [2.75, 3.05) is 0 Å². The summed E-state index contributed by atoms with van der Waals surface area (Å²) < 4.78 is 5.68. The zero-order chi connectivity index (χ0) is 11.6. The van der Waals surface area contributed by atoms with Crippen molar-refractivity contribution in [3.8, 4) is 0 Å². The van der Waals surface area contributed by atoms with E-state index >= 15 is 0 Å². The zero-order valence-electron chi connectivity index (χ0n) is 10.6. The molecule has 0 atom stereocenters. The number of hydrogen-bond acceptors (Lipinski definition) is 0. The summed E-state index contributed by atoms with van der Waals surface area (Å²) in [5, 5.41) is 0. The average Bonchev–Trinajstić information content (AvgIpc) is 2.34. The molecule has 0 saturated heterocycles. The molecule has 0 aliphatic carbocycles. The van der Waals surface area contributed by atoms with Crippen LogP contribution in [-0.2, 0) is 0 Å². The van der Waals surface area contributed by atoms with Gasteiger partial charge in [0.2, 0.25) is 0 Å². The molecule has 0 radical (unpaired) electrons. The van der Waals surface area contributed by atoms with E-state index in [1.807, 2.05) is 0 Å². The molecule has 16 heavy (non-hydrogen) atoms. The Bertz CT molecular complexity index is 290. The van der Waals surface area contributed by atoms with E-state index < -0.39 is 19.1 Å². The molecule has 0 N–H and O–H groups in total. The van der Waals surface area contributed by atoms with Gasteiger partial charge in [0.25, 0.3) is 0 Å². The Kier molecular flexibility index (Phi) is 7.81. The molecule has 0 aliphatic heterocycles. The van der Waals surface area contributed by atoms with E-state index in [1.54, 1.807) is 0 Å². The third-order valence-electron chi connectivity index (χ3n) is 2.62. The Labute approximate surface area is 107 Å². The van der Waals surface area contributed by atoms with Crippen molar-refractivity contribution in [2.24, 2.45) is 0 Å². The van der Waals surface area contributed by atoms with Gasteiger partial charge in [-0.15, -0.1) is 0 Å². The molecule has 0 amide bonds. The van der Waals surface area contributed by atoms with Gasteiger partial charge < -0.3 is 0 Å². The fourth-order valence-electron chi connectivity index (χ4n) is 1.60. The Morgan fingerprint density at radius 2 is 1.50 bits per heavy atom. The van der Waals surface area contributed by atoms with Crippen molar-refractivity contribution in [1.29, 1.82) is 0 Å². The van der Waals surface area contributed by atoms with Crippen molar-refractivity contribution >= 4 is 23.1 Å². The fourth-order valence-corrected chi connectivity index (χ4v) is 8.17. The van der Waals surface area contributed by atoms with Gasteiger partial charge in [-0.2, -0.15) is 0 Å². The molecule has 0 nitrogen and oxygen atoms in total. The van der Waals surface area contributed by atoms with E-state index in [9.17, 15) is 0 Å². The first-order chi connectivity index (χ1) is 7.86. The normalized spacial score (nSPS) is 10.7. The molecule has 0 aromatic heterocycles. The molecule has 1 aromatic carbocycles. The number of unbranched alkanes of at least 4 members (excludes halogenated alkanes) is 2. The second kappa shape index (κ2) is 8.97. The van der Waals surface area contributed by atoms with Crippen LogP contribution < -0.4 is 0 Å². The third-order valence-corrected chi connectivity index (χ3v) is 8.99. The molecule has 0 saturated carbocycles. The van der Waals surface area contributed by atoms with Crippen molar-refractivity contribution in [3.05, 3.63) is 35.9 Å². The molecule has 0 aliphatic rings. The first-order valence-electron chi connectivity index (χ1n) is 6.43. The van der Waals surface area contributed by atoms with E-state index in [0.29, 0.717) is 0 Å². The molecule has 90 valence electrons. The molecule has 0 heterocycles. The standard InChI is InChI=1S/C15H24Te/c1-3-5-12-16(13-6-4-2)14-15-10-8-7-9-11-15/h7-11,14H,3-6,12-13H2,1-2H3. The molecule has 0 spiro atoms. The van der Waals surface area contributed by atoms with Gasteiger partial charge in [-0.25, -0.2) is 0 Å². The van der Waals surface area contributed by atoms with Gasteiger partial charge in [-0.1, -0.05) is 0 Å². The van der Waals surface area contributed by atoms with E-state index in [-0.39, 0.29) is 0 Å². The minimum atomic E-state index is -0.934. The van der Waals surface area contributed by atoms with Gasteiger partial charge in [-0.05, 0) is 0 Å². The fraction of sp³-hybridized carbons (Fsp3) is 0.533. The monoisotopic (exact) mass is 334 g/mol. The van der Waals surface area contributed by atoms with Gasteiger partial charge in [0, 0.05) is 0 Å². The maximum absolute atomic E-state index is 2.63. The number of rotatable bonds is 7. The summed E-state index contributed by atoms with van der Waals surface area (Å²) in [6.07, 6.45) is 5.58. The van der Waals surface area contributed by atoms with Gasteiger partial charge in [-0.3, -0.25) is 0 Å². The maximum atomic E-state index is 2.63. The second-order valence-electron chi connectivity index (χ2n) is 4.18. The van der Waals surface area contributed by atoms with Crippen LogP contribution in [0.25, 0.3) is 0 Å². The van der Waals surface area contributed by atoms with Crippen LogP contribution in [0.2, 0.25) is 8.94 Å². The molecule has 0 fully saturated rings. The van der Waals surface area contributed by atoms with Crippen LogP contribution in [0, 0.1) is 0 Å². The van der Waals surface area contributed by atoms with Crippen molar-refractivity contribution in [3.63, 3.8) is 0 Å².